The first-order valence-electron chi connectivity index (χ1n) is 11.8. The van der Waals surface area contributed by atoms with E-state index in [0.717, 1.165) is 68.7 Å². The van der Waals surface area contributed by atoms with Crippen molar-refractivity contribution in [3.63, 3.8) is 0 Å². The fourth-order valence-electron chi connectivity index (χ4n) is 4.57. The molecule has 4 heterocycles. The second kappa shape index (κ2) is 10.5. The molecular formula is C27H33N5O. The Morgan fingerprint density at radius 1 is 1.12 bits per heavy atom. The first-order valence-corrected chi connectivity index (χ1v) is 11.8. The summed E-state index contributed by atoms with van der Waals surface area (Å²) < 4.78 is 1.65. The predicted molar refractivity (Wildman–Crippen MR) is 135 cm³/mol. The van der Waals surface area contributed by atoms with Crippen LogP contribution in [0.1, 0.15) is 32.1 Å². The molecule has 1 unspecified atom stereocenters. The molecule has 0 spiro atoms. The minimum atomic E-state index is -0.0598. The van der Waals surface area contributed by atoms with Crippen LogP contribution in [0.5, 0.6) is 0 Å². The van der Waals surface area contributed by atoms with Gasteiger partial charge in [-0.3, -0.25) is 14.3 Å². The van der Waals surface area contributed by atoms with Gasteiger partial charge >= 0.3 is 0 Å². The molecule has 0 amide bonds. The second-order valence-corrected chi connectivity index (χ2v) is 8.78. The molecule has 0 saturated carbocycles. The zero-order chi connectivity index (χ0) is 23.2. The number of rotatable bonds is 4. The Labute approximate surface area is 196 Å². The SMILES string of the molecule is C=C1/C=C\C=C/CCCCN1C(=C)C1CCCN(c2nc(-c3ccncc3)cc(=O)n2C)C1. The van der Waals surface area contributed by atoms with E-state index in [2.05, 4.69) is 52.2 Å². The molecule has 1 saturated heterocycles. The van der Waals surface area contributed by atoms with Gasteiger partial charge in [-0.05, 0) is 50.3 Å². The number of hydrogen-bond acceptors (Lipinski definition) is 5. The van der Waals surface area contributed by atoms with Gasteiger partial charge in [0.15, 0.2) is 0 Å². The summed E-state index contributed by atoms with van der Waals surface area (Å²) in [5, 5.41) is 0. The van der Waals surface area contributed by atoms with E-state index in [4.69, 9.17) is 4.98 Å². The van der Waals surface area contributed by atoms with Crippen LogP contribution in [-0.4, -0.2) is 39.1 Å². The normalized spacial score (nSPS) is 21.5. The van der Waals surface area contributed by atoms with E-state index in [1.54, 1.807) is 30.1 Å². The number of piperidine rings is 1. The lowest BCUT2D eigenvalue weighted by Gasteiger charge is -2.39. The third kappa shape index (κ3) is 5.33. The molecule has 172 valence electrons. The van der Waals surface area contributed by atoms with Crippen LogP contribution in [0.15, 0.2) is 84.2 Å². The van der Waals surface area contributed by atoms with Gasteiger partial charge in [-0.25, -0.2) is 4.98 Å². The molecule has 0 aliphatic carbocycles. The molecule has 0 radical (unpaired) electrons. The van der Waals surface area contributed by atoms with Crippen LogP contribution < -0.4 is 10.5 Å². The van der Waals surface area contributed by atoms with Crippen molar-refractivity contribution in [1.82, 2.24) is 19.4 Å². The van der Waals surface area contributed by atoms with E-state index in [1.165, 1.54) is 0 Å². The highest BCUT2D eigenvalue weighted by Gasteiger charge is 2.28. The van der Waals surface area contributed by atoms with Crippen molar-refractivity contribution in [2.45, 2.75) is 32.1 Å². The van der Waals surface area contributed by atoms with Crippen molar-refractivity contribution in [2.24, 2.45) is 13.0 Å². The van der Waals surface area contributed by atoms with Gasteiger partial charge in [0.2, 0.25) is 5.95 Å². The molecule has 2 aliphatic rings. The summed E-state index contributed by atoms with van der Waals surface area (Å²) in [5.41, 5.74) is 3.60. The molecule has 6 nitrogen and oxygen atoms in total. The molecule has 1 atom stereocenters. The number of aromatic nitrogens is 3. The lowest BCUT2D eigenvalue weighted by atomic mass is 9.94. The third-order valence-corrected chi connectivity index (χ3v) is 6.49. The van der Waals surface area contributed by atoms with Crippen LogP contribution in [0.3, 0.4) is 0 Å². The minimum absolute atomic E-state index is 0.0598. The third-order valence-electron chi connectivity index (χ3n) is 6.49. The summed E-state index contributed by atoms with van der Waals surface area (Å²) >= 11 is 0. The number of anilines is 1. The summed E-state index contributed by atoms with van der Waals surface area (Å²) in [4.78, 5) is 26.2. The number of pyridine rings is 1. The molecule has 2 aliphatic heterocycles. The smallest absolute Gasteiger partial charge is 0.255 e. The van der Waals surface area contributed by atoms with Crippen molar-refractivity contribution in [1.29, 1.82) is 0 Å². The maximum absolute atomic E-state index is 12.7. The fraction of sp³-hybridized carbons (Fsp3) is 0.370. The molecule has 4 rings (SSSR count). The van der Waals surface area contributed by atoms with Crippen LogP contribution in [0, 0.1) is 5.92 Å². The fourth-order valence-corrected chi connectivity index (χ4v) is 4.57. The van der Waals surface area contributed by atoms with Crippen molar-refractivity contribution >= 4 is 5.95 Å². The maximum Gasteiger partial charge on any atom is 0.255 e. The van der Waals surface area contributed by atoms with Crippen LogP contribution in [0.4, 0.5) is 5.95 Å². The first-order chi connectivity index (χ1) is 16.0. The Morgan fingerprint density at radius 2 is 1.94 bits per heavy atom. The Kier molecular flexibility index (Phi) is 7.23. The highest BCUT2D eigenvalue weighted by molar-refractivity contribution is 5.59. The van der Waals surface area contributed by atoms with Crippen molar-refractivity contribution in [2.75, 3.05) is 24.5 Å². The van der Waals surface area contributed by atoms with Crippen molar-refractivity contribution in [3.8, 4) is 11.3 Å². The quantitative estimate of drug-likeness (QED) is 0.687. The van der Waals surface area contributed by atoms with E-state index in [-0.39, 0.29) is 11.5 Å². The number of hydrogen-bond donors (Lipinski definition) is 0. The van der Waals surface area contributed by atoms with Gasteiger partial charge in [0.05, 0.1) is 5.69 Å². The Balaban J connectivity index is 1.57. The molecule has 33 heavy (non-hydrogen) atoms. The van der Waals surface area contributed by atoms with Crippen LogP contribution in [-0.2, 0) is 7.05 Å². The van der Waals surface area contributed by atoms with Gasteiger partial charge < -0.3 is 9.80 Å². The van der Waals surface area contributed by atoms with Gasteiger partial charge in [0.1, 0.15) is 0 Å². The van der Waals surface area contributed by atoms with Crippen LogP contribution in [0.2, 0.25) is 0 Å². The van der Waals surface area contributed by atoms with E-state index < -0.39 is 0 Å². The molecule has 0 aromatic carbocycles. The Hall–Kier alpha value is -3.41. The molecule has 2 aromatic rings. The monoisotopic (exact) mass is 443 g/mol. The summed E-state index contributed by atoms with van der Waals surface area (Å²) in [6, 6.07) is 5.36. The zero-order valence-corrected chi connectivity index (χ0v) is 19.5. The van der Waals surface area contributed by atoms with E-state index in [9.17, 15) is 4.79 Å². The summed E-state index contributed by atoms with van der Waals surface area (Å²) in [7, 11) is 1.80. The molecule has 0 bridgehead atoms. The topological polar surface area (TPSA) is 54.3 Å². The minimum Gasteiger partial charge on any atom is -0.346 e. The lowest BCUT2D eigenvalue weighted by Crippen LogP contribution is -2.42. The lowest BCUT2D eigenvalue weighted by molar-refractivity contribution is 0.335. The van der Waals surface area contributed by atoms with E-state index in [1.807, 2.05) is 12.1 Å². The second-order valence-electron chi connectivity index (χ2n) is 8.78. The molecule has 1 fully saturated rings. The van der Waals surface area contributed by atoms with Gasteiger partial charge in [-0.2, -0.15) is 0 Å². The number of allylic oxidation sites excluding steroid dienone is 4. The first kappa shape index (κ1) is 22.8. The van der Waals surface area contributed by atoms with Crippen LogP contribution in [0.25, 0.3) is 11.3 Å². The van der Waals surface area contributed by atoms with Crippen molar-refractivity contribution < 1.29 is 0 Å². The molecule has 2 aromatic heterocycles. The Morgan fingerprint density at radius 3 is 2.76 bits per heavy atom. The standard InChI is InChI=1S/C27H33N5O/c1-21-11-8-6-4-5-7-9-18-32(21)22(2)24-12-10-17-31(20-24)27-29-25(19-26(33)30(27)3)23-13-15-28-16-14-23/h4,6,8,11,13-16,19,24H,1-2,5,7,9-10,12,17-18,20H2,3H3/b6-4-,11-8-. The van der Waals surface area contributed by atoms with Crippen molar-refractivity contribution in [3.05, 3.63) is 89.8 Å². The van der Waals surface area contributed by atoms with Gasteiger partial charge in [0, 0.05) is 68.0 Å². The van der Waals surface area contributed by atoms with Gasteiger partial charge in [-0.1, -0.05) is 31.4 Å². The molecular weight excluding hydrogens is 410 g/mol. The molecule has 0 N–H and O–H groups in total. The Bertz CT molecular complexity index is 1120. The summed E-state index contributed by atoms with van der Waals surface area (Å²) in [5.74, 6) is 0.987. The van der Waals surface area contributed by atoms with Gasteiger partial charge in [-0.15, -0.1) is 0 Å². The summed E-state index contributed by atoms with van der Waals surface area (Å²) in [6.45, 7) is 11.4. The van der Waals surface area contributed by atoms with Crippen LogP contribution >= 0.6 is 0 Å². The predicted octanol–water partition coefficient (Wildman–Crippen LogP) is 4.68. The van der Waals surface area contributed by atoms with E-state index >= 15 is 0 Å². The average Bonchev–Trinajstić information content (AvgIpc) is 2.85. The maximum atomic E-state index is 12.7. The largest absolute Gasteiger partial charge is 0.346 e. The zero-order valence-electron chi connectivity index (χ0n) is 19.5. The molecule has 6 heteroatoms. The highest BCUT2D eigenvalue weighted by Crippen LogP contribution is 2.30. The van der Waals surface area contributed by atoms with E-state index in [0.29, 0.717) is 11.6 Å². The summed E-state index contributed by atoms with van der Waals surface area (Å²) in [6.07, 6.45) is 17.3. The number of nitrogens with zero attached hydrogens (tertiary/aromatic N) is 5. The highest BCUT2D eigenvalue weighted by atomic mass is 16.1. The average molecular weight is 444 g/mol. The van der Waals surface area contributed by atoms with Gasteiger partial charge in [0.25, 0.3) is 5.56 Å².